The van der Waals surface area contributed by atoms with E-state index in [1.807, 2.05) is 54.6 Å². The van der Waals surface area contributed by atoms with Crippen molar-refractivity contribution in [1.29, 1.82) is 0 Å². The number of carbonyl (C=O) groups excluding carboxylic acids is 1. The summed E-state index contributed by atoms with van der Waals surface area (Å²) in [6, 6.07) is 16.7. The van der Waals surface area contributed by atoms with Gasteiger partial charge >= 0.3 is 0 Å². The molecule has 0 saturated carbocycles. The minimum absolute atomic E-state index is 0.00298. The molecule has 0 unspecified atom stereocenters. The third-order valence-corrected chi connectivity index (χ3v) is 6.77. The molecule has 3 rings (SSSR count). The maximum Gasteiger partial charge on any atom is 0.227 e. The van der Waals surface area contributed by atoms with Crippen molar-refractivity contribution < 1.29 is 17.9 Å². The Bertz CT molecular complexity index is 892. The van der Waals surface area contributed by atoms with Crippen LogP contribution in [-0.2, 0) is 31.9 Å². The van der Waals surface area contributed by atoms with Gasteiger partial charge in [0, 0.05) is 31.8 Å². The van der Waals surface area contributed by atoms with Crippen molar-refractivity contribution in [2.24, 2.45) is 5.92 Å². The summed E-state index contributed by atoms with van der Waals surface area (Å²) in [4.78, 5) is 12.6. The lowest BCUT2D eigenvalue weighted by atomic mass is 9.97. The van der Waals surface area contributed by atoms with Crippen LogP contribution in [0.25, 0.3) is 0 Å². The number of nitrogens with one attached hydrogen (secondary N) is 1. The number of carbonyl (C=O) groups is 1. The number of rotatable bonds is 7. The average molecular weight is 403 g/mol. The Hall–Kier alpha value is -2.22. The largest absolute Gasteiger partial charge is 0.380 e. The van der Waals surface area contributed by atoms with Crippen molar-refractivity contribution in [2.75, 3.05) is 25.5 Å². The molecule has 1 N–H and O–H groups in total. The van der Waals surface area contributed by atoms with Gasteiger partial charge in [0.1, 0.15) is 0 Å². The van der Waals surface area contributed by atoms with Gasteiger partial charge in [0.15, 0.2) is 0 Å². The van der Waals surface area contributed by atoms with Crippen LogP contribution in [0.1, 0.15) is 24.0 Å². The molecule has 6 nitrogen and oxygen atoms in total. The van der Waals surface area contributed by atoms with Crippen LogP contribution in [0, 0.1) is 5.92 Å². The van der Waals surface area contributed by atoms with Gasteiger partial charge in [-0.25, -0.2) is 12.7 Å². The molecule has 7 heteroatoms. The highest BCUT2D eigenvalue weighted by molar-refractivity contribution is 7.88. The van der Waals surface area contributed by atoms with E-state index in [1.165, 1.54) is 4.31 Å². The molecular formula is C21H26N2O4S. The van der Waals surface area contributed by atoms with Gasteiger partial charge in [0.05, 0.1) is 12.4 Å². The number of nitrogens with zero attached hydrogens (tertiary/aromatic N) is 1. The number of hydrogen-bond donors (Lipinski definition) is 1. The summed E-state index contributed by atoms with van der Waals surface area (Å²) in [6.45, 7) is 1.23. The lowest BCUT2D eigenvalue weighted by molar-refractivity contribution is -0.120. The smallest absolute Gasteiger partial charge is 0.227 e. The Morgan fingerprint density at radius 3 is 2.43 bits per heavy atom. The first-order valence-corrected chi connectivity index (χ1v) is 11.0. The number of hydrogen-bond acceptors (Lipinski definition) is 4. The molecule has 1 fully saturated rings. The third-order valence-electron chi connectivity index (χ3n) is 4.92. The van der Waals surface area contributed by atoms with Crippen molar-refractivity contribution in [1.82, 2.24) is 4.31 Å². The molecule has 2 aromatic rings. The normalized spacial score (nSPS) is 16.0. The van der Waals surface area contributed by atoms with Crippen LogP contribution in [0.15, 0.2) is 54.6 Å². The number of methoxy groups -OCH3 is 1. The number of piperidine rings is 1. The first kappa shape index (κ1) is 20.5. The zero-order chi connectivity index (χ0) is 20.0. The standard InChI is InChI=1S/C21H26N2O4S/c1-27-15-18-8-5-9-20(14-18)22-21(24)19-10-12-23(13-11-19)28(25,26)16-17-6-3-2-4-7-17/h2-9,14,19H,10-13,15-16H2,1H3,(H,22,24). The van der Waals surface area contributed by atoms with Crippen molar-refractivity contribution in [2.45, 2.75) is 25.2 Å². The first-order chi connectivity index (χ1) is 13.5. The number of ether oxygens (including phenoxy) is 1. The molecule has 0 atom stereocenters. The van der Waals surface area contributed by atoms with Crippen LogP contribution >= 0.6 is 0 Å². The average Bonchev–Trinajstić information content (AvgIpc) is 2.69. The van der Waals surface area contributed by atoms with E-state index in [4.69, 9.17) is 4.74 Å². The molecule has 150 valence electrons. The summed E-state index contributed by atoms with van der Waals surface area (Å²) in [6.07, 6.45) is 1.05. The second-order valence-corrected chi connectivity index (χ2v) is 9.01. The number of sulfonamides is 1. The fourth-order valence-corrected chi connectivity index (χ4v) is 4.99. The summed E-state index contributed by atoms with van der Waals surface area (Å²) in [5.74, 6) is -0.249. The zero-order valence-electron chi connectivity index (χ0n) is 16.0. The van der Waals surface area contributed by atoms with Crippen molar-refractivity contribution in [3.8, 4) is 0 Å². The molecule has 1 heterocycles. The Labute approximate surface area is 166 Å². The van der Waals surface area contributed by atoms with Crippen LogP contribution < -0.4 is 5.32 Å². The van der Waals surface area contributed by atoms with E-state index in [2.05, 4.69) is 5.32 Å². The van der Waals surface area contributed by atoms with E-state index in [0.717, 1.165) is 16.8 Å². The molecule has 0 aromatic heterocycles. The Balaban J connectivity index is 1.54. The van der Waals surface area contributed by atoms with Crippen LogP contribution in [-0.4, -0.2) is 38.8 Å². The summed E-state index contributed by atoms with van der Waals surface area (Å²) in [7, 11) is -1.74. The van der Waals surface area contributed by atoms with Gasteiger partial charge in [0.2, 0.25) is 15.9 Å². The number of amides is 1. The van der Waals surface area contributed by atoms with Crippen molar-refractivity contribution >= 4 is 21.6 Å². The van der Waals surface area contributed by atoms with E-state index in [1.54, 1.807) is 7.11 Å². The third kappa shape index (κ3) is 5.41. The molecular weight excluding hydrogens is 376 g/mol. The molecule has 1 aliphatic rings. The second kappa shape index (κ2) is 9.32. The van der Waals surface area contributed by atoms with Gasteiger partial charge in [-0.3, -0.25) is 4.79 Å². The Morgan fingerprint density at radius 1 is 1.07 bits per heavy atom. The van der Waals surface area contributed by atoms with Crippen LogP contribution in [0.4, 0.5) is 5.69 Å². The van der Waals surface area contributed by atoms with Gasteiger partial charge in [-0.15, -0.1) is 0 Å². The van der Waals surface area contributed by atoms with E-state index >= 15 is 0 Å². The maximum absolute atomic E-state index is 12.6. The molecule has 0 spiro atoms. The maximum atomic E-state index is 12.6. The Kier molecular flexibility index (Phi) is 6.83. The van der Waals surface area contributed by atoms with E-state index in [9.17, 15) is 13.2 Å². The summed E-state index contributed by atoms with van der Waals surface area (Å²) in [5, 5.41) is 2.94. The van der Waals surface area contributed by atoms with Crippen molar-refractivity contribution in [3.05, 3.63) is 65.7 Å². The molecule has 1 aliphatic heterocycles. The predicted molar refractivity (Wildman–Crippen MR) is 109 cm³/mol. The van der Waals surface area contributed by atoms with Crippen LogP contribution in [0.2, 0.25) is 0 Å². The summed E-state index contributed by atoms with van der Waals surface area (Å²) < 4.78 is 31.9. The monoisotopic (exact) mass is 402 g/mol. The predicted octanol–water partition coefficient (Wildman–Crippen LogP) is 3.01. The molecule has 0 radical (unpaired) electrons. The fraction of sp³-hybridized carbons (Fsp3) is 0.381. The molecule has 1 amide bonds. The van der Waals surface area contributed by atoms with Gasteiger partial charge in [-0.05, 0) is 36.1 Å². The highest BCUT2D eigenvalue weighted by Crippen LogP contribution is 2.23. The second-order valence-electron chi connectivity index (χ2n) is 7.04. The Morgan fingerprint density at radius 2 is 1.75 bits per heavy atom. The van der Waals surface area contributed by atoms with Crippen molar-refractivity contribution in [3.63, 3.8) is 0 Å². The fourth-order valence-electron chi connectivity index (χ4n) is 3.42. The quantitative estimate of drug-likeness (QED) is 0.772. The minimum Gasteiger partial charge on any atom is -0.380 e. The highest BCUT2D eigenvalue weighted by Gasteiger charge is 2.31. The molecule has 28 heavy (non-hydrogen) atoms. The SMILES string of the molecule is COCc1cccc(NC(=O)C2CCN(S(=O)(=O)Cc3ccccc3)CC2)c1. The highest BCUT2D eigenvalue weighted by atomic mass is 32.2. The van der Waals surface area contributed by atoms with E-state index in [-0.39, 0.29) is 17.6 Å². The summed E-state index contributed by atoms with van der Waals surface area (Å²) in [5.41, 5.74) is 2.50. The lowest BCUT2D eigenvalue weighted by Crippen LogP contribution is -2.41. The van der Waals surface area contributed by atoms with Crippen LogP contribution in [0.5, 0.6) is 0 Å². The number of anilines is 1. The molecule has 0 bridgehead atoms. The van der Waals surface area contributed by atoms with Gasteiger partial charge in [0.25, 0.3) is 0 Å². The van der Waals surface area contributed by atoms with E-state index < -0.39 is 10.0 Å². The van der Waals surface area contributed by atoms with E-state index in [0.29, 0.717) is 32.5 Å². The lowest BCUT2D eigenvalue weighted by Gasteiger charge is -2.30. The zero-order valence-corrected chi connectivity index (χ0v) is 16.8. The number of benzene rings is 2. The van der Waals surface area contributed by atoms with Gasteiger partial charge < -0.3 is 10.1 Å². The van der Waals surface area contributed by atoms with Crippen LogP contribution in [0.3, 0.4) is 0 Å². The first-order valence-electron chi connectivity index (χ1n) is 9.38. The molecule has 1 saturated heterocycles. The van der Waals surface area contributed by atoms with Gasteiger partial charge in [-0.2, -0.15) is 0 Å². The van der Waals surface area contributed by atoms with Gasteiger partial charge in [-0.1, -0.05) is 42.5 Å². The minimum atomic E-state index is -3.37. The molecule has 2 aromatic carbocycles. The topological polar surface area (TPSA) is 75.7 Å². The summed E-state index contributed by atoms with van der Waals surface area (Å²) >= 11 is 0. The molecule has 0 aliphatic carbocycles.